The molecule has 18 heavy (non-hydrogen) atoms. The number of nitrogen functional groups attached to an aromatic ring is 1. The highest BCUT2D eigenvalue weighted by Gasteiger charge is 2.16. The van der Waals surface area contributed by atoms with Gasteiger partial charge in [-0.15, -0.1) is 0 Å². The van der Waals surface area contributed by atoms with E-state index in [1.54, 1.807) is 17.5 Å². The first-order valence-corrected chi connectivity index (χ1v) is 7.21. The predicted octanol–water partition coefficient (Wildman–Crippen LogP) is 3.45. The Hall–Kier alpha value is -1.40. The van der Waals surface area contributed by atoms with Crippen molar-refractivity contribution >= 4 is 44.4 Å². The number of nitrogens with zero attached hydrogens (tertiary/aromatic N) is 3. The van der Waals surface area contributed by atoms with Crippen molar-refractivity contribution in [2.45, 2.75) is 13.0 Å². The number of imidazole rings is 1. The van der Waals surface area contributed by atoms with E-state index in [1.807, 2.05) is 10.6 Å². The van der Waals surface area contributed by atoms with E-state index in [0.29, 0.717) is 5.95 Å². The van der Waals surface area contributed by atoms with Crippen LogP contribution >= 0.6 is 27.3 Å². The van der Waals surface area contributed by atoms with E-state index in [0.717, 1.165) is 15.6 Å². The van der Waals surface area contributed by atoms with Crippen molar-refractivity contribution in [3.63, 3.8) is 0 Å². The summed E-state index contributed by atoms with van der Waals surface area (Å²) < 4.78 is 2.87. The zero-order valence-corrected chi connectivity index (χ0v) is 12.1. The number of rotatable bonds is 2. The molecule has 1 atom stereocenters. The summed E-state index contributed by atoms with van der Waals surface area (Å²) in [4.78, 5) is 8.77. The molecule has 2 N–H and O–H groups in total. The summed E-state index contributed by atoms with van der Waals surface area (Å²) in [6.07, 6.45) is 1.76. The van der Waals surface area contributed by atoms with Gasteiger partial charge in [0.1, 0.15) is 5.52 Å². The second kappa shape index (κ2) is 4.37. The molecule has 0 aliphatic carbocycles. The van der Waals surface area contributed by atoms with Crippen LogP contribution in [0.1, 0.15) is 18.5 Å². The topological polar surface area (TPSA) is 56.7 Å². The van der Waals surface area contributed by atoms with Gasteiger partial charge in [0, 0.05) is 10.7 Å². The Labute approximate surface area is 117 Å². The largest absolute Gasteiger partial charge is 0.369 e. The number of fused-ring (bicyclic) bond motifs is 1. The number of anilines is 1. The van der Waals surface area contributed by atoms with Gasteiger partial charge in [-0.2, -0.15) is 11.3 Å². The van der Waals surface area contributed by atoms with Crippen LogP contribution in [-0.2, 0) is 0 Å². The second-order valence-electron chi connectivity index (χ2n) is 4.07. The minimum absolute atomic E-state index is 0.134. The third-order valence-corrected chi connectivity index (χ3v) is 4.07. The molecule has 3 heterocycles. The smallest absolute Gasteiger partial charge is 0.203 e. The molecular weight excluding hydrogens is 312 g/mol. The van der Waals surface area contributed by atoms with E-state index in [9.17, 15) is 0 Å². The molecule has 0 aliphatic rings. The van der Waals surface area contributed by atoms with Gasteiger partial charge in [0.2, 0.25) is 5.95 Å². The lowest BCUT2D eigenvalue weighted by Crippen LogP contribution is -2.10. The van der Waals surface area contributed by atoms with E-state index in [-0.39, 0.29) is 6.04 Å². The van der Waals surface area contributed by atoms with Crippen molar-refractivity contribution in [2.24, 2.45) is 0 Å². The fourth-order valence-electron chi connectivity index (χ4n) is 2.02. The lowest BCUT2D eigenvalue weighted by Gasteiger charge is -2.13. The van der Waals surface area contributed by atoms with E-state index in [1.165, 1.54) is 5.56 Å². The molecule has 3 aromatic rings. The summed E-state index contributed by atoms with van der Waals surface area (Å²) >= 11 is 5.07. The van der Waals surface area contributed by atoms with Gasteiger partial charge in [0.05, 0.1) is 6.04 Å². The van der Waals surface area contributed by atoms with Gasteiger partial charge in [-0.05, 0) is 51.3 Å². The summed E-state index contributed by atoms with van der Waals surface area (Å²) in [5, 5.41) is 4.18. The molecule has 0 aliphatic heterocycles. The summed E-state index contributed by atoms with van der Waals surface area (Å²) in [5.74, 6) is 0.495. The zero-order valence-electron chi connectivity index (χ0n) is 9.67. The third-order valence-electron chi connectivity index (χ3n) is 2.94. The molecule has 0 amide bonds. The normalized spacial score (nSPS) is 13.0. The van der Waals surface area contributed by atoms with Gasteiger partial charge < -0.3 is 5.73 Å². The van der Waals surface area contributed by atoms with Crippen molar-refractivity contribution < 1.29 is 0 Å². The molecule has 0 aromatic carbocycles. The van der Waals surface area contributed by atoms with Crippen LogP contribution in [0, 0.1) is 0 Å². The maximum Gasteiger partial charge on any atom is 0.203 e. The van der Waals surface area contributed by atoms with E-state index in [2.05, 4.69) is 49.6 Å². The number of thiophene rings is 1. The Morgan fingerprint density at radius 2 is 2.33 bits per heavy atom. The average molecular weight is 323 g/mol. The Morgan fingerprint density at radius 3 is 3.06 bits per heavy atom. The van der Waals surface area contributed by atoms with Gasteiger partial charge in [-0.1, -0.05) is 0 Å². The number of halogens is 1. The van der Waals surface area contributed by atoms with Crippen molar-refractivity contribution in [1.82, 2.24) is 14.5 Å². The highest BCUT2D eigenvalue weighted by Crippen LogP contribution is 2.28. The van der Waals surface area contributed by atoms with Crippen molar-refractivity contribution in [1.29, 1.82) is 0 Å². The second-order valence-corrected chi connectivity index (χ2v) is 5.76. The standard InChI is InChI=1S/C12H11BrN4S/c1-7(8-2-3-18-6-8)17-11-10(16-12(17)14)4-9(13)5-15-11/h2-7H,1H3,(H2,14,16). The quantitative estimate of drug-likeness (QED) is 0.786. The summed E-state index contributed by atoms with van der Waals surface area (Å²) in [6, 6.07) is 4.16. The van der Waals surface area contributed by atoms with Crippen LogP contribution in [0.3, 0.4) is 0 Å². The van der Waals surface area contributed by atoms with Gasteiger partial charge in [0.25, 0.3) is 0 Å². The van der Waals surface area contributed by atoms with Crippen molar-refractivity contribution in [3.8, 4) is 0 Å². The minimum atomic E-state index is 0.134. The maximum absolute atomic E-state index is 6.01. The summed E-state index contributed by atoms with van der Waals surface area (Å²) in [6.45, 7) is 2.10. The van der Waals surface area contributed by atoms with Crippen LogP contribution in [-0.4, -0.2) is 14.5 Å². The van der Waals surface area contributed by atoms with Crippen LogP contribution < -0.4 is 5.73 Å². The lowest BCUT2D eigenvalue weighted by atomic mass is 10.2. The van der Waals surface area contributed by atoms with Gasteiger partial charge in [-0.3, -0.25) is 4.57 Å². The molecule has 0 radical (unpaired) electrons. The summed E-state index contributed by atoms with van der Waals surface area (Å²) in [5.41, 5.74) is 8.85. The molecule has 6 heteroatoms. The fraction of sp³-hybridized carbons (Fsp3) is 0.167. The predicted molar refractivity (Wildman–Crippen MR) is 77.8 cm³/mol. The average Bonchev–Trinajstić information content (AvgIpc) is 2.94. The molecule has 0 saturated carbocycles. The van der Waals surface area contributed by atoms with Crippen LogP contribution in [0.25, 0.3) is 11.2 Å². The molecule has 92 valence electrons. The molecule has 1 unspecified atom stereocenters. The maximum atomic E-state index is 6.01. The highest BCUT2D eigenvalue weighted by atomic mass is 79.9. The van der Waals surface area contributed by atoms with E-state index < -0.39 is 0 Å². The van der Waals surface area contributed by atoms with Crippen molar-refractivity contribution in [2.75, 3.05) is 5.73 Å². The van der Waals surface area contributed by atoms with Crippen LogP contribution in [0.15, 0.2) is 33.6 Å². The molecule has 3 aromatic heterocycles. The molecule has 4 nitrogen and oxygen atoms in total. The molecule has 0 fully saturated rings. The number of pyridine rings is 1. The van der Waals surface area contributed by atoms with Crippen LogP contribution in [0.5, 0.6) is 0 Å². The first-order valence-electron chi connectivity index (χ1n) is 5.48. The lowest BCUT2D eigenvalue weighted by molar-refractivity contribution is 0.664. The Bertz CT molecular complexity index is 689. The van der Waals surface area contributed by atoms with Gasteiger partial charge in [-0.25, -0.2) is 9.97 Å². The third kappa shape index (κ3) is 1.81. The molecule has 3 rings (SSSR count). The van der Waals surface area contributed by atoms with Gasteiger partial charge in [0.15, 0.2) is 5.65 Å². The highest BCUT2D eigenvalue weighted by molar-refractivity contribution is 9.10. The first kappa shape index (κ1) is 11.7. The van der Waals surface area contributed by atoms with E-state index in [4.69, 9.17) is 5.73 Å². The molecular formula is C12H11BrN4S. The number of nitrogens with two attached hydrogens (primary N) is 1. The summed E-state index contributed by atoms with van der Waals surface area (Å²) in [7, 11) is 0. The monoisotopic (exact) mass is 322 g/mol. The molecule has 0 saturated heterocycles. The molecule has 0 bridgehead atoms. The SMILES string of the molecule is CC(c1ccsc1)n1c(N)nc2cc(Br)cnc21. The minimum Gasteiger partial charge on any atom is -0.369 e. The van der Waals surface area contributed by atoms with Crippen LogP contribution in [0.4, 0.5) is 5.95 Å². The Morgan fingerprint density at radius 1 is 1.50 bits per heavy atom. The Balaban J connectivity index is 2.19. The fourth-order valence-corrected chi connectivity index (χ4v) is 3.08. The number of aromatic nitrogens is 3. The number of hydrogen-bond donors (Lipinski definition) is 1. The zero-order chi connectivity index (χ0) is 12.7. The first-order chi connectivity index (χ1) is 8.66. The van der Waals surface area contributed by atoms with E-state index >= 15 is 0 Å². The molecule has 0 spiro atoms. The Kier molecular flexibility index (Phi) is 2.83. The van der Waals surface area contributed by atoms with Crippen molar-refractivity contribution in [3.05, 3.63) is 39.1 Å². The van der Waals surface area contributed by atoms with Crippen LogP contribution in [0.2, 0.25) is 0 Å². The van der Waals surface area contributed by atoms with Gasteiger partial charge >= 0.3 is 0 Å². The number of hydrogen-bond acceptors (Lipinski definition) is 4.